The Morgan fingerprint density at radius 1 is 1.09 bits per heavy atom. The summed E-state index contributed by atoms with van der Waals surface area (Å²) in [6.07, 6.45) is 1.71. The number of nitrogens with one attached hydrogen (secondary N) is 5. The minimum atomic E-state index is -1.75. The van der Waals surface area contributed by atoms with E-state index in [0.29, 0.717) is 0 Å². The number of phenols is 1. The van der Waals surface area contributed by atoms with Crippen LogP contribution < -0.4 is 31.3 Å². The number of nitrogens with zero attached hydrogens (tertiary/aromatic N) is 1. The molecule has 3 unspecified atom stereocenters. The van der Waals surface area contributed by atoms with Gasteiger partial charge in [-0.25, -0.2) is 9.59 Å². The first-order valence-electron chi connectivity index (χ1n) is 17.0. The molecule has 55 heavy (non-hydrogen) atoms. The number of amides is 5. The Bertz CT molecular complexity index is 1880. The normalized spacial score (nSPS) is 24.8. The first kappa shape index (κ1) is 43.7. The van der Waals surface area contributed by atoms with Crippen molar-refractivity contribution in [3.05, 3.63) is 70.1 Å². The van der Waals surface area contributed by atoms with Crippen molar-refractivity contribution in [2.75, 3.05) is 13.6 Å². The molecule has 1 aromatic rings. The number of ether oxygens (including phenoxy) is 1. The maximum absolute atomic E-state index is 14.7. The van der Waals surface area contributed by atoms with Crippen LogP contribution in [0.5, 0.6) is 11.5 Å². The molecule has 3 rings (SSSR count). The summed E-state index contributed by atoms with van der Waals surface area (Å²) in [6, 6.07) is -3.37. The van der Waals surface area contributed by atoms with Crippen LogP contribution >= 0.6 is 11.6 Å². The van der Waals surface area contributed by atoms with Crippen LogP contribution in [0.25, 0.3) is 0 Å². The summed E-state index contributed by atoms with van der Waals surface area (Å²) in [5.74, 6) is -8.94. The molecule has 298 valence electrons. The van der Waals surface area contributed by atoms with Gasteiger partial charge in [0.2, 0.25) is 11.8 Å². The van der Waals surface area contributed by atoms with Crippen LogP contribution in [0.1, 0.15) is 59.1 Å². The fraction of sp³-hybridized carbons (Fsp3) is 0.417. The van der Waals surface area contributed by atoms with Gasteiger partial charge in [0.1, 0.15) is 47.3 Å². The third-order valence-electron chi connectivity index (χ3n) is 9.22. The predicted octanol–water partition coefficient (Wildman–Crippen LogP) is 0.510. The zero-order valence-electron chi connectivity index (χ0n) is 31.0. The Balaban J connectivity index is 2.11. The number of carboxylic acids is 2. The van der Waals surface area contributed by atoms with Crippen molar-refractivity contribution >= 4 is 53.1 Å². The molecule has 2 aliphatic heterocycles. The number of carboxylic acid groups (broad SMARTS) is 2. The smallest absolute Gasteiger partial charge is 0.352 e. The van der Waals surface area contributed by atoms with Crippen LogP contribution in [0, 0.1) is 0 Å². The topological polar surface area (TPSA) is 273 Å². The molecule has 0 saturated carbocycles. The summed E-state index contributed by atoms with van der Waals surface area (Å²) in [5.41, 5.74) is -2.62. The lowest BCUT2D eigenvalue weighted by molar-refractivity contribution is -0.146. The number of rotatable bonds is 11. The van der Waals surface area contributed by atoms with Gasteiger partial charge >= 0.3 is 11.9 Å². The lowest BCUT2D eigenvalue weighted by atomic mass is 9.90. The molecule has 0 aromatic heterocycles. The Kier molecular flexibility index (Phi) is 14.4. The summed E-state index contributed by atoms with van der Waals surface area (Å²) in [5, 5.41) is 52.6. The quantitative estimate of drug-likeness (QED) is 0.109. The Morgan fingerprint density at radius 2 is 1.75 bits per heavy atom. The number of hydrogen-bond donors (Lipinski definition) is 9. The number of carbonyl (C=O) groups is 7. The molecule has 0 spiro atoms. The largest absolute Gasteiger partial charge is 0.503 e. The second-order valence-corrected chi connectivity index (χ2v) is 13.5. The lowest BCUT2D eigenvalue weighted by Crippen LogP contribution is -2.65. The van der Waals surface area contributed by atoms with E-state index in [2.05, 4.69) is 27.8 Å². The molecule has 2 heterocycles. The van der Waals surface area contributed by atoms with Crippen molar-refractivity contribution < 1.29 is 58.7 Å². The Morgan fingerprint density at radius 3 is 2.29 bits per heavy atom. The van der Waals surface area contributed by atoms with Crippen molar-refractivity contribution in [3.8, 4) is 11.5 Å². The number of hydrogen-bond acceptors (Lipinski definition) is 11. The van der Waals surface area contributed by atoms with Crippen LogP contribution in [0.4, 0.5) is 0 Å². The molecule has 2 aliphatic rings. The van der Waals surface area contributed by atoms with E-state index < -0.39 is 94.5 Å². The van der Waals surface area contributed by atoms with E-state index in [4.69, 9.17) is 21.4 Å². The number of aliphatic hydroxyl groups is 1. The summed E-state index contributed by atoms with van der Waals surface area (Å²) in [4.78, 5) is 92.9. The number of benzene rings is 1. The zero-order chi connectivity index (χ0) is 41.5. The average molecular weight is 789 g/mol. The van der Waals surface area contributed by atoms with Gasteiger partial charge < -0.3 is 56.6 Å². The summed E-state index contributed by atoms with van der Waals surface area (Å²) < 4.78 is 6.29. The number of carbonyl (C=O) groups excluding carboxylic acids is 5. The maximum Gasteiger partial charge on any atom is 0.352 e. The highest BCUT2D eigenvalue weighted by atomic mass is 35.5. The molecule has 0 fully saturated rings. The molecule has 1 aromatic carbocycles. The van der Waals surface area contributed by atoms with Crippen LogP contribution in [0.3, 0.4) is 0 Å². The van der Waals surface area contributed by atoms with Gasteiger partial charge in [-0.15, -0.1) is 0 Å². The van der Waals surface area contributed by atoms with Crippen LogP contribution in [0.15, 0.2) is 59.5 Å². The Labute approximate surface area is 321 Å². The van der Waals surface area contributed by atoms with E-state index >= 15 is 0 Å². The predicted molar refractivity (Wildman–Crippen MR) is 196 cm³/mol. The van der Waals surface area contributed by atoms with Crippen molar-refractivity contribution in [1.29, 1.82) is 0 Å². The van der Waals surface area contributed by atoms with Gasteiger partial charge in [0.25, 0.3) is 17.7 Å². The van der Waals surface area contributed by atoms with E-state index in [1.54, 1.807) is 13.8 Å². The summed E-state index contributed by atoms with van der Waals surface area (Å²) >= 11 is 6.33. The minimum Gasteiger partial charge on any atom is -0.503 e. The van der Waals surface area contributed by atoms with Gasteiger partial charge in [-0.3, -0.25) is 24.0 Å². The van der Waals surface area contributed by atoms with Crippen LogP contribution in [0.2, 0.25) is 5.02 Å². The molecule has 0 saturated heterocycles. The van der Waals surface area contributed by atoms with Gasteiger partial charge in [0.05, 0.1) is 11.1 Å². The first-order chi connectivity index (χ1) is 25.7. The zero-order valence-corrected chi connectivity index (χ0v) is 31.7. The van der Waals surface area contributed by atoms with Gasteiger partial charge in [-0.05, 0) is 69.5 Å². The molecule has 9 N–H and O–H groups in total. The number of halogens is 1. The second-order valence-electron chi connectivity index (χ2n) is 13.1. The van der Waals surface area contributed by atoms with Crippen LogP contribution in [-0.2, 0) is 33.6 Å². The maximum atomic E-state index is 14.7. The van der Waals surface area contributed by atoms with Gasteiger partial charge in [-0.2, -0.15) is 0 Å². The van der Waals surface area contributed by atoms with Gasteiger partial charge in [-0.1, -0.05) is 44.2 Å². The number of likely N-dealkylation sites (N-methyl/N-ethyl adjacent to an activating group) is 1. The molecule has 6 atom stereocenters. The SMILES string of the molecule is C=C(C)C1NC(=O)C(NC)[C@@H](O)c2cc(Cl)c(O)c(c2)O[C@](C)(CC)C(C(=O)N2CC=C[C@H]2C(=O)N/C(C(=O)N/C(=C/C(=O)O)C(=O)O)=C(\C)CC)NC1=O. The van der Waals surface area contributed by atoms with Crippen molar-refractivity contribution in [2.24, 2.45) is 0 Å². The van der Waals surface area contributed by atoms with E-state index in [1.807, 2.05) is 5.32 Å². The number of aliphatic hydroxyl groups excluding tert-OH is 1. The third kappa shape index (κ3) is 9.88. The van der Waals surface area contributed by atoms with Gasteiger partial charge in [0.15, 0.2) is 11.5 Å². The number of aromatic hydroxyl groups is 1. The van der Waals surface area contributed by atoms with Crippen molar-refractivity contribution in [3.63, 3.8) is 0 Å². The van der Waals surface area contributed by atoms with Crippen molar-refractivity contribution in [1.82, 2.24) is 31.5 Å². The lowest BCUT2D eigenvalue weighted by Gasteiger charge is -2.40. The second kappa shape index (κ2) is 18.1. The van der Waals surface area contributed by atoms with Crippen LogP contribution in [-0.4, -0.2) is 110 Å². The third-order valence-corrected chi connectivity index (χ3v) is 9.51. The monoisotopic (exact) mass is 788 g/mol. The fourth-order valence-electron chi connectivity index (χ4n) is 5.73. The number of aliphatic carboxylic acids is 2. The van der Waals surface area contributed by atoms with E-state index in [1.165, 1.54) is 52.1 Å². The highest BCUT2D eigenvalue weighted by Crippen LogP contribution is 2.41. The molecule has 0 radical (unpaired) electrons. The van der Waals surface area contributed by atoms with Gasteiger partial charge in [0, 0.05) is 6.54 Å². The summed E-state index contributed by atoms with van der Waals surface area (Å²) in [6.45, 7) is 11.3. The number of fused-ring (bicyclic) bond motifs is 2. The van der Waals surface area contributed by atoms with E-state index in [-0.39, 0.29) is 52.9 Å². The average Bonchev–Trinajstić information content (AvgIpc) is 3.62. The summed E-state index contributed by atoms with van der Waals surface area (Å²) in [7, 11) is 1.40. The molecule has 19 heteroatoms. The number of phenolic OH excluding ortho intramolecular Hbond substituents is 1. The number of allylic oxidation sites excluding steroid dienone is 1. The molecule has 0 aliphatic carbocycles. The minimum absolute atomic E-state index is 0.0204. The molecule has 18 nitrogen and oxygen atoms in total. The van der Waals surface area contributed by atoms with E-state index in [9.17, 15) is 48.9 Å². The molecule has 5 amide bonds. The van der Waals surface area contributed by atoms with Crippen molar-refractivity contribution in [2.45, 2.75) is 83.3 Å². The molecular weight excluding hydrogens is 744 g/mol. The molecule has 2 bridgehead atoms. The molecular formula is C36H45ClN6O12. The fourth-order valence-corrected chi connectivity index (χ4v) is 5.95. The first-order valence-corrected chi connectivity index (χ1v) is 17.4. The highest BCUT2D eigenvalue weighted by molar-refractivity contribution is 6.32. The highest BCUT2D eigenvalue weighted by Gasteiger charge is 2.47. The van der Waals surface area contributed by atoms with E-state index in [0.717, 1.165) is 4.90 Å². The Hall–Kier alpha value is -5.72. The standard InChI is InChI=1S/C36H45ClN6O12/c1-8-17(5)25(32(50)39-20(35(53)54)15-23(44)45)41-30(48)21-11-10-12-43(21)34(52)29-36(6,9-2)55-22-14-18(13-19(37)28(22)47)27(46)26(38-7)33(51)40-24(16(3)4)31(49)42-29/h10-11,13-15,21,24,26-27,29,38,46-47H,3,8-9,12H2,1-2,4-7H3,(H,39,50)(H,40,51)(H,41,48)(H,42,49)(H,44,45)(H,53,54)/b20-15+,25-17+/t21-,24?,26?,27-,29?,36+/m0/s1.